The number of aromatic hydroxyl groups is 1. The lowest BCUT2D eigenvalue weighted by atomic mass is 10.1. The SMILES string of the molecule is COc1cc[nH]c1-c1ccccc1O. The number of rotatable bonds is 2. The van der Waals surface area contributed by atoms with Gasteiger partial charge in [-0.05, 0) is 18.2 Å². The number of aromatic amines is 1. The molecule has 1 aromatic carbocycles. The number of para-hydroxylation sites is 1. The second-order valence-corrected chi connectivity index (χ2v) is 2.94. The van der Waals surface area contributed by atoms with Gasteiger partial charge in [0.1, 0.15) is 11.5 Å². The molecule has 0 spiro atoms. The van der Waals surface area contributed by atoms with Crippen molar-refractivity contribution in [1.82, 2.24) is 4.98 Å². The summed E-state index contributed by atoms with van der Waals surface area (Å²) >= 11 is 0. The number of aromatic nitrogens is 1. The van der Waals surface area contributed by atoms with Crippen LogP contribution in [0.25, 0.3) is 11.3 Å². The van der Waals surface area contributed by atoms with E-state index in [1.165, 1.54) is 0 Å². The largest absolute Gasteiger partial charge is 0.507 e. The zero-order chi connectivity index (χ0) is 9.97. The Morgan fingerprint density at radius 3 is 2.71 bits per heavy atom. The van der Waals surface area contributed by atoms with Crippen LogP contribution in [0.2, 0.25) is 0 Å². The molecule has 0 radical (unpaired) electrons. The average Bonchev–Trinajstić information content (AvgIpc) is 2.66. The van der Waals surface area contributed by atoms with Crippen molar-refractivity contribution in [2.45, 2.75) is 0 Å². The molecule has 0 saturated heterocycles. The van der Waals surface area contributed by atoms with Crippen molar-refractivity contribution in [3.63, 3.8) is 0 Å². The summed E-state index contributed by atoms with van der Waals surface area (Å²) in [6.07, 6.45) is 1.78. The van der Waals surface area contributed by atoms with Crippen LogP contribution >= 0.6 is 0 Å². The van der Waals surface area contributed by atoms with Gasteiger partial charge < -0.3 is 14.8 Å². The summed E-state index contributed by atoms with van der Waals surface area (Å²) < 4.78 is 5.15. The molecule has 0 atom stereocenters. The molecule has 3 heteroatoms. The fourth-order valence-electron chi connectivity index (χ4n) is 1.42. The maximum Gasteiger partial charge on any atom is 0.144 e. The lowest BCUT2D eigenvalue weighted by Gasteiger charge is -2.04. The number of H-pyrrole nitrogens is 1. The average molecular weight is 189 g/mol. The molecule has 1 aromatic heterocycles. The Bertz CT molecular complexity index is 434. The van der Waals surface area contributed by atoms with Crippen molar-refractivity contribution in [1.29, 1.82) is 0 Å². The number of nitrogens with one attached hydrogen (secondary N) is 1. The highest BCUT2D eigenvalue weighted by Gasteiger charge is 2.09. The van der Waals surface area contributed by atoms with Crippen LogP contribution in [0.4, 0.5) is 0 Å². The molecular weight excluding hydrogens is 178 g/mol. The molecule has 0 unspecified atom stereocenters. The van der Waals surface area contributed by atoms with Crippen LogP contribution in [-0.2, 0) is 0 Å². The van der Waals surface area contributed by atoms with Gasteiger partial charge in [0.15, 0.2) is 0 Å². The van der Waals surface area contributed by atoms with Crippen LogP contribution in [0.15, 0.2) is 36.5 Å². The molecule has 1 heterocycles. The lowest BCUT2D eigenvalue weighted by molar-refractivity contribution is 0.416. The van der Waals surface area contributed by atoms with Crippen molar-refractivity contribution >= 4 is 0 Å². The molecule has 2 rings (SSSR count). The van der Waals surface area contributed by atoms with Crippen molar-refractivity contribution in [3.05, 3.63) is 36.5 Å². The van der Waals surface area contributed by atoms with Gasteiger partial charge in [0.05, 0.1) is 12.8 Å². The van der Waals surface area contributed by atoms with Gasteiger partial charge in [-0.1, -0.05) is 12.1 Å². The molecule has 0 amide bonds. The van der Waals surface area contributed by atoms with Gasteiger partial charge >= 0.3 is 0 Å². The summed E-state index contributed by atoms with van der Waals surface area (Å²) in [6, 6.07) is 8.96. The molecule has 3 nitrogen and oxygen atoms in total. The Kier molecular flexibility index (Phi) is 2.14. The maximum absolute atomic E-state index is 9.63. The highest BCUT2D eigenvalue weighted by molar-refractivity contribution is 5.72. The molecule has 0 aliphatic carbocycles. The first kappa shape index (κ1) is 8.69. The molecule has 14 heavy (non-hydrogen) atoms. The van der Waals surface area contributed by atoms with Gasteiger partial charge in [-0.25, -0.2) is 0 Å². The van der Waals surface area contributed by atoms with E-state index in [4.69, 9.17) is 4.74 Å². The maximum atomic E-state index is 9.63. The van der Waals surface area contributed by atoms with Gasteiger partial charge in [0.2, 0.25) is 0 Å². The highest BCUT2D eigenvalue weighted by Crippen LogP contribution is 2.33. The van der Waals surface area contributed by atoms with Crippen LogP contribution in [0.5, 0.6) is 11.5 Å². The zero-order valence-corrected chi connectivity index (χ0v) is 7.82. The number of benzene rings is 1. The van der Waals surface area contributed by atoms with E-state index < -0.39 is 0 Å². The molecule has 2 aromatic rings. The van der Waals surface area contributed by atoms with Crippen molar-refractivity contribution < 1.29 is 9.84 Å². The summed E-state index contributed by atoms with van der Waals surface area (Å²) in [5, 5.41) is 9.63. The standard InChI is InChI=1S/C11H11NO2/c1-14-10-6-7-12-11(10)8-4-2-3-5-9(8)13/h2-7,12-13H,1H3. The Hall–Kier alpha value is -1.90. The summed E-state index contributed by atoms with van der Waals surface area (Å²) in [7, 11) is 1.60. The van der Waals surface area contributed by atoms with E-state index in [0.717, 1.165) is 17.0 Å². The highest BCUT2D eigenvalue weighted by atomic mass is 16.5. The molecule has 0 saturated carbocycles. The number of phenols is 1. The number of ether oxygens (including phenoxy) is 1. The number of hydrogen-bond acceptors (Lipinski definition) is 2. The third kappa shape index (κ3) is 1.33. The summed E-state index contributed by atoms with van der Waals surface area (Å²) in [4.78, 5) is 3.03. The monoisotopic (exact) mass is 189 g/mol. The van der Waals surface area contributed by atoms with Gasteiger partial charge in [-0.15, -0.1) is 0 Å². The molecule has 0 bridgehead atoms. The number of methoxy groups -OCH3 is 1. The predicted molar refractivity (Wildman–Crippen MR) is 54.4 cm³/mol. The van der Waals surface area contributed by atoms with Gasteiger partial charge in [-0.3, -0.25) is 0 Å². The fraction of sp³-hybridized carbons (Fsp3) is 0.0909. The lowest BCUT2D eigenvalue weighted by Crippen LogP contribution is -1.85. The minimum atomic E-state index is 0.244. The van der Waals surface area contributed by atoms with E-state index in [1.54, 1.807) is 25.4 Å². The second kappa shape index (κ2) is 3.46. The van der Waals surface area contributed by atoms with Crippen molar-refractivity contribution in [2.24, 2.45) is 0 Å². The molecular formula is C11H11NO2. The third-order valence-corrected chi connectivity index (χ3v) is 2.10. The van der Waals surface area contributed by atoms with Gasteiger partial charge in [0.25, 0.3) is 0 Å². The molecule has 0 aliphatic heterocycles. The molecule has 0 aliphatic rings. The van der Waals surface area contributed by atoms with Crippen molar-refractivity contribution in [2.75, 3.05) is 7.11 Å². The minimum Gasteiger partial charge on any atom is -0.507 e. The zero-order valence-electron chi connectivity index (χ0n) is 7.82. The van der Waals surface area contributed by atoms with Gasteiger partial charge in [-0.2, -0.15) is 0 Å². The van der Waals surface area contributed by atoms with E-state index in [9.17, 15) is 5.11 Å². The van der Waals surface area contributed by atoms with E-state index in [2.05, 4.69) is 4.98 Å². The third-order valence-electron chi connectivity index (χ3n) is 2.10. The second-order valence-electron chi connectivity index (χ2n) is 2.94. The van der Waals surface area contributed by atoms with Crippen LogP contribution in [-0.4, -0.2) is 17.2 Å². The first-order valence-electron chi connectivity index (χ1n) is 4.32. The summed E-state index contributed by atoms with van der Waals surface area (Å²) in [6.45, 7) is 0. The molecule has 72 valence electrons. The number of phenolic OH excluding ortho intramolecular Hbond substituents is 1. The summed E-state index contributed by atoms with van der Waals surface area (Å²) in [5.41, 5.74) is 1.54. The van der Waals surface area contributed by atoms with E-state index in [1.807, 2.05) is 18.2 Å². The van der Waals surface area contributed by atoms with Crippen LogP contribution in [0, 0.1) is 0 Å². The fourth-order valence-corrected chi connectivity index (χ4v) is 1.42. The Morgan fingerprint density at radius 2 is 2.00 bits per heavy atom. The number of hydrogen-bond donors (Lipinski definition) is 2. The van der Waals surface area contributed by atoms with E-state index in [-0.39, 0.29) is 5.75 Å². The Balaban J connectivity index is 2.54. The quantitative estimate of drug-likeness (QED) is 0.761. The molecule has 2 N–H and O–H groups in total. The predicted octanol–water partition coefficient (Wildman–Crippen LogP) is 2.40. The smallest absolute Gasteiger partial charge is 0.144 e. The van der Waals surface area contributed by atoms with E-state index >= 15 is 0 Å². The normalized spacial score (nSPS) is 10.1. The van der Waals surface area contributed by atoms with Crippen LogP contribution in [0.1, 0.15) is 0 Å². The van der Waals surface area contributed by atoms with Crippen molar-refractivity contribution in [3.8, 4) is 22.8 Å². The Morgan fingerprint density at radius 1 is 1.21 bits per heavy atom. The minimum absolute atomic E-state index is 0.244. The first-order valence-corrected chi connectivity index (χ1v) is 4.32. The first-order chi connectivity index (χ1) is 6.83. The molecule has 0 fully saturated rings. The van der Waals surface area contributed by atoms with Crippen LogP contribution < -0.4 is 4.74 Å². The van der Waals surface area contributed by atoms with Crippen LogP contribution in [0.3, 0.4) is 0 Å². The van der Waals surface area contributed by atoms with Gasteiger partial charge in [0, 0.05) is 11.8 Å². The summed E-state index contributed by atoms with van der Waals surface area (Å²) in [5.74, 6) is 0.972. The Labute approximate surface area is 82.0 Å². The topological polar surface area (TPSA) is 45.2 Å². The van der Waals surface area contributed by atoms with E-state index in [0.29, 0.717) is 0 Å².